The zero-order chi connectivity index (χ0) is 18.5. The van der Waals surface area contributed by atoms with Crippen molar-refractivity contribution in [1.82, 2.24) is 4.57 Å². The zero-order valence-electron chi connectivity index (χ0n) is 15.7. The fraction of sp³-hybridized carbons (Fsp3) is 0.381. The van der Waals surface area contributed by atoms with Crippen LogP contribution in [0.3, 0.4) is 0 Å². The molecule has 1 N–H and O–H groups in total. The molecule has 0 bridgehead atoms. The Balaban J connectivity index is 0.00000261. The lowest BCUT2D eigenvalue weighted by Crippen LogP contribution is -3.00. The first-order valence-electron chi connectivity index (χ1n) is 9.20. The van der Waals surface area contributed by atoms with Crippen molar-refractivity contribution in [3.8, 4) is 5.75 Å². The number of rotatable bonds is 8. The molecule has 1 heterocycles. The number of hydrogen-bond acceptors (Lipinski definition) is 2. The summed E-state index contributed by atoms with van der Waals surface area (Å²) in [4.78, 5) is 0. The number of para-hydroxylation sites is 2. The summed E-state index contributed by atoms with van der Waals surface area (Å²) in [7, 11) is 0. The third kappa shape index (κ3) is 5.15. The largest absolute Gasteiger partial charge is 1.00 e. The summed E-state index contributed by atoms with van der Waals surface area (Å²) in [6, 6.07) is 15.6. The lowest BCUT2D eigenvalue weighted by molar-refractivity contribution is -0.687. The molecule has 2 aromatic carbocycles. The summed E-state index contributed by atoms with van der Waals surface area (Å²) >= 11 is 5.89. The van der Waals surface area contributed by atoms with Crippen LogP contribution in [0.1, 0.15) is 26.1 Å². The van der Waals surface area contributed by atoms with E-state index in [4.69, 9.17) is 16.3 Å². The zero-order valence-corrected chi connectivity index (χ0v) is 18.7. The van der Waals surface area contributed by atoms with Gasteiger partial charge in [-0.05, 0) is 49.7 Å². The van der Waals surface area contributed by atoms with Crippen LogP contribution in [-0.2, 0) is 19.5 Å². The van der Waals surface area contributed by atoms with Crippen molar-refractivity contribution >= 4 is 22.6 Å². The van der Waals surface area contributed by atoms with E-state index in [1.807, 2.05) is 18.2 Å². The molecule has 0 aliphatic heterocycles. The lowest BCUT2D eigenvalue weighted by atomic mass is 10.3. The van der Waals surface area contributed by atoms with Crippen molar-refractivity contribution in [2.45, 2.75) is 45.9 Å². The highest BCUT2D eigenvalue weighted by molar-refractivity contribution is 6.30. The number of aliphatic hydroxyl groups is 1. The van der Waals surface area contributed by atoms with Gasteiger partial charge < -0.3 is 33.8 Å². The molecule has 3 aromatic rings. The van der Waals surface area contributed by atoms with Gasteiger partial charge in [-0.1, -0.05) is 30.7 Å². The Morgan fingerprint density at radius 2 is 1.81 bits per heavy atom. The molecule has 0 saturated heterocycles. The predicted molar refractivity (Wildman–Crippen MR) is 105 cm³/mol. The Bertz CT molecular complexity index is 864. The number of fused-ring (bicyclic) bond motifs is 1. The molecule has 3 rings (SSSR count). The maximum atomic E-state index is 10.6. The third-order valence-electron chi connectivity index (χ3n) is 4.53. The molecule has 0 amide bonds. The van der Waals surface area contributed by atoms with E-state index in [0.29, 0.717) is 17.3 Å². The number of nitrogens with zero attached hydrogens (tertiary/aromatic N) is 2. The molecule has 0 fully saturated rings. The van der Waals surface area contributed by atoms with Crippen molar-refractivity contribution in [1.29, 1.82) is 0 Å². The number of aryl methyl sites for hydroxylation is 1. The Morgan fingerprint density at radius 1 is 1.11 bits per heavy atom. The highest BCUT2D eigenvalue weighted by atomic mass is 127. The maximum absolute atomic E-state index is 10.6. The van der Waals surface area contributed by atoms with Gasteiger partial charge in [-0.2, -0.15) is 0 Å². The van der Waals surface area contributed by atoms with E-state index in [0.717, 1.165) is 24.9 Å². The van der Waals surface area contributed by atoms with Gasteiger partial charge in [-0.15, -0.1) is 0 Å². The SMILES string of the molecule is CCCc1n(CC)c2ccccc2[n+]1CC(O)COc1ccc(Cl)cc1.[I-]. The minimum absolute atomic E-state index is 0. The summed E-state index contributed by atoms with van der Waals surface area (Å²) in [5.74, 6) is 1.96. The van der Waals surface area contributed by atoms with E-state index in [1.54, 1.807) is 12.1 Å². The molecule has 27 heavy (non-hydrogen) atoms. The number of aromatic nitrogens is 2. The predicted octanol–water partition coefficient (Wildman–Crippen LogP) is 0.998. The Kier molecular flexibility index (Phi) is 8.38. The quantitative estimate of drug-likeness (QED) is 0.370. The second-order valence-electron chi connectivity index (χ2n) is 6.43. The molecule has 0 saturated carbocycles. The highest BCUT2D eigenvalue weighted by Gasteiger charge is 2.25. The minimum Gasteiger partial charge on any atom is -1.00 e. The van der Waals surface area contributed by atoms with E-state index in [2.05, 4.69) is 41.2 Å². The lowest BCUT2D eigenvalue weighted by Gasteiger charge is -2.12. The van der Waals surface area contributed by atoms with Gasteiger partial charge in [0.25, 0.3) is 5.82 Å². The highest BCUT2D eigenvalue weighted by Crippen LogP contribution is 2.17. The van der Waals surface area contributed by atoms with Crippen LogP contribution in [0.4, 0.5) is 0 Å². The molecule has 0 radical (unpaired) electrons. The van der Waals surface area contributed by atoms with Gasteiger partial charge in [0, 0.05) is 11.4 Å². The topological polar surface area (TPSA) is 38.3 Å². The Morgan fingerprint density at radius 3 is 2.48 bits per heavy atom. The van der Waals surface area contributed by atoms with Crippen LogP contribution in [0.5, 0.6) is 5.75 Å². The average Bonchev–Trinajstić information content (AvgIpc) is 2.94. The van der Waals surface area contributed by atoms with Crippen LogP contribution in [-0.4, -0.2) is 22.4 Å². The summed E-state index contributed by atoms with van der Waals surface area (Å²) < 4.78 is 10.3. The average molecular weight is 501 g/mol. The van der Waals surface area contributed by atoms with Gasteiger partial charge in [-0.25, -0.2) is 9.13 Å². The molecule has 146 valence electrons. The molecule has 0 spiro atoms. The van der Waals surface area contributed by atoms with Crippen LogP contribution in [0.25, 0.3) is 11.0 Å². The van der Waals surface area contributed by atoms with E-state index in [9.17, 15) is 5.11 Å². The fourth-order valence-electron chi connectivity index (χ4n) is 3.38. The number of aliphatic hydroxyl groups excluding tert-OH is 1. The minimum atomic E-state index is -0.595. The van der Waals surface area contributed by atoms with Crippen molar-refractivity contribution in [2.24, 2.45) is 0 Å². The molecule has 1 aromatic heterocycles. The van der Waals surface area contributed by atoms with Gasteiger partial charge in [0.2, 0.25) is 0 Å². The van der Waals surface area contributed by atoms with Crippen LogP contribution in [0, 0.1) is 0 Å². The van der Waals surface area contributed by atoms with Crippen LogP contribution in [0.15, 0.2) is 48.5 Å². The van der Waals surface area contributed by atoms with E-state index in [-0.39, 0.29) is 30.6 Å². The smallest absolute Gasteiger partial charge is 0.257 e. The van der Waals surface area contributed by atoms with Crippen molar-refractivity contribution in [3.05, 3.63) is 59.4 Å². The molecule has 4 nitrogen and oxygen atoms in total. The molecular weight excluding hydrogens is 475 g/mol. The van der Waals surface area contributed by atoms with E-state index < -0.39 is 6.10 Å². The number of imidazole rings is 1. The first kappa shape index (κ1) is 22.0. The first-order valence-corrected chi connectivity index (χ1v) is 9.58. The maximum Gasteiger partial charge on any atom is 0.257 e. The second kappa shape index (κ2) is 10.3. The van der Waals surface area contributed by atoms with Crippen LogP contribution < -0.4 is 33.3 Å². The molecular formula is C21H26ClIN2O2. The molecule has 6 heteroatoms. The van der Waals surface area contributed by atoms with Gasteiger partial charge in [0.1, 0.15) is 25.0 Å². The van der Waals surface area contributed by atoms with E-state index >= 15 is 0 Å². The number of ether oxygens (including phenoxy) is 1. The summed E-state index contributed by atoms with van der Waals surface area (Å²) in [6.45, 7) is 6.01. The van der Waals surface area contributed by atoms with Crippen molar-refractivity contribution in [2.75, 3.05) is 6.61 Å². The van der Waals surface area contributed by atoms with E-state index in [1.165, 1.54) is 11.3 Å². The molecule has 1 unspecified atom stereocenters. The number of halogens is 2. The summed E-state index contributed by atoms with van der Waals surface area (Å²) in [6.07, 6.45) is 1.45. The normalized spacial score (nSPS) is 12.0. The summed E-state index contributed by atoms with van der Waals surface area (Å²) in [5, 5.41) is 11.2. The first-order chi connectivity index (χ1) is 12.6. The molecule has 0 aliphatic carbocycles. The van der Waals surface area contributed by atoms with Gasteiger partial charge >= 0.3 is 0 Å². The van der Waals surface area contributed by atoms with Gasteiger partial charge in [-0.3, -0.25) is 0 Å². The van der Waals surface area contributed by atoms with Crippen LogP contribution in [0.2, 0.25) is 5.02 Å². The van der Waals surface area contributed by atoms with Gasteiger partial charge in [0.05, 0.1) is 6.54 Å². The Hall–Kier alpha value is -1.31. The number of benzene rings is 2. The molecule has 1 atom stereocenters. The fourth-order valence-corrected chi connectivity index (χ4v) is 3.51. The van der Waals surface area contributed by atoms with Crippen molar-refractivity contribution in [3.63, 3.8) is 0 Å². The van der Waals surface area contributed by atoms with Crippen LogP contribution >= 0.6 is 11.6 Å². The summed E-state index contributed by atoms with van der Waals surface area (Å²) in [5.41, 5.74) is 2.37. The third-order valence-corrected chi connectivity index (χ3v) is 4.78. The Labute approximate surface area is 182 Å². The van der Waals surface area contributed by atoms with Gasteiger partial charge in [0.15, 0.2) is 11.0 Å². The van der Waals surface area contributed by atoms with Crippen molar-refractivity contribution < 1.29 is 38.4 Å². The molecule has 0 aliphatic rings. The second-order valence-corrected chi connectivity index (χ2v) is 6.86. The number of hydrogen-bond donors (Lipinski definition) is 1. The standard InChI is InChI=1S/C21H26ClN2O2.HI/c1-3-7-21-23(4-2)19-8-5-6-9-20(19)24(21)14-17(25)15-26-18-12-10-16(22)11-13-18;/h5-6,8-13,17,25H,3-4,7,14-15H2,1-2H3;1H/q+1;/p-1. The monoisotopic (exact) mass is 500 g/mol.